The molecule has 0 spiro atoms. The first-order valence-corrected chi connectivity index (χ1v) is 6.25. The number of furan rings is 1. The van der Waals surface area contributed by atoms with E-state index >= 15 is 0 Å². The fourth-order valence-electron chi connectivity index (χ4n) is 1.56. The minimum absolute atomic E-state index is 0.138. The largest absolute Gasteiger partial charge is 0.460 e. The first-order valence-electron chi connectivity index (χ1n) is 5.46. The van der Waals surface area contributed by atoms with Crippen molar-refractivity contribution >= 4 is 15.9 Å². The molecular weight excluding hydrogens is 282 g/mol. The lowest BCUT2D eigenvalue weighted by atomic mass is 10.2. The number of nitrogens with one attached hydrogen (secondary N) is 1. The Bertz CT molecular complexity index is 482. The van der Waals surface area contributed by atoms with Gasteiger partial charge in [0.1, 0.15) is 11.5 Å². The molecule has 3 nitrogen and oxygen atoms in total. The van der Waals surface area contributed by atoms with Crippen LogP contribution in [0.25, 0.3) is 11.3 Å². The summed E-state index contributed by atoms with van der Waals surface area (Å²) in [4.78, 5) is 0. The van der Waals surface area contributed by atoms with E-state index in [9.17, 15) is 0 Å². The highest BCUT2D eigenvalue weighted by molar-refractivity contribution is 9.10. The quantitative estimate of drug-likeness (QED) is 0.834. The van der Waals surface area contributed by atoms with Crippen LogP contribution in [0.4, 0.5) is 0 Å². The fourth-order valence-corrected chi connectivity index (χ4v) is 1.96. The fraction of sp³-hybridized carbons (Fsp3) is 0.231. The van der Waals surface area contributed by atoms with Crippen LogP contribution in [0.15, 0.2) is 45.3 Å². The third kappa shape index (κ3) is 3.43. The zero-order valence-corrected chi connectivity index (χ0v) is 10.9. The average Bonchev–Trinajstić information content (AvgIpc) is 2.78. The summed E-state index contributed by atoms with van der Waals surface area (Å²) in [5, 5.41) is 11.7. The Morgan fingerprint density at radius 3 is 2.88 bits per heavy atom. The van der Waals surface area contributed by atoms with Crippen LogP contribution in [0.2, 0.25) is 0 Å². The van der Waals surface area contributed by atoms with Crippen LogP contribution in [-0.2, 0) is 6.54 Å². The number of benzene rings is 1. The van der Waals surface area contributed by atoms with Crippen LogP contribution in [0, 0.1) is 0 Å². The first kappa shape index (κ1) is 12.4. The molecule has 0 aliphatic rings. The Balaban J connectivity index is 2.07. The van der Waals surface area contributed by atoms with Crippen molar-refractivity contribution < 1.29 is 9.52 Å². The Morgan fingerprint density at radius 2 is 2.12 bits per heavy atom. The van der Waals surface area contributed by atoms with Gasteiger partial charge in [0.2, 0.25) is 0 Å². The van der Waals surface area contributed by atoms with Gasteiger partial charge in [-0.2, -0.15) is 0 Å². The summed E-state index contributed by atoms with van der Waals surface area (Å²) < 4.78 is 6.74. The lowest BCUT2D eigenvalue weighted by molar-refractivity contribution is 0.290. The second kappa shape index (κ2) is 6.00. The van der Waals surface area contributed by atoms with E-state index in [0.29, 0.717) is 13.1 Å². The molecule has 0 radical (unpaired) electrons. The lowest BCUT2D eigenvalue weighted by Gasteiger charge is -2.00. The molecule has 0 atom stereocenters. The van der Waals surface area contributed by atoms with Crippen LogP contribution >= 0.6 is 15.9 Å². The summed E-state index contributed by atoms with van der Waals surface area (Å²) in [5.74, 6) is 1.72. The van der Waals surface area contributed by atoms with Crippen molar-refractivity contribution in [1.82, 2.24) is 5.32 Å². The Labute approximate surface area is 109 Å². The first-order chi connectivity index (χ1) is 8.29. The van der Waals surface area contributed by atoms with Gasteiger partial charge in [-0.15, -0.1) is 0 Å². The molecule has 0 aliphatic heterocycles. The number of aliphatic hydroxyl groups excluding tert-OH is 1. The smallest absolute Gasteiger partial charge is 0.134 e. The molecule has 0 aliphatic carbocycles. The summed E-state index contributed by atoms with van der Waals surface area (Å²) in [7, 11) is 0. The average molecular weight is 296 g/mol. The van der Waals surface area contributed by atoms with Gasteiger partial charge < -0.3 is 14.8 Å². The molecule has 1 aromatic heterocycles. The van der Waals surface area contributed by atoms with E-state index < -0.39 is 0 Å². The van der Waals surface area contributed by atoms with Crippen molar-refractivity contribution in [3.63, 3.8) is 0 Å². The molecule has 2 aromatic rings. The van der Waals surface area contributed by atoms with Gasteiger partial charge in [-0.3, -0.25) is 0 Å². The van der Waals surface area contributed by atoms with Gasteiger partial charge in [-0.25, -0.2) is 0 Å². The van der Waals surface area contributed by atoms with E-state index in [-0.39, 0.29) is 6.61 Å². The van der Waals surface area contributed by atoms with E-state index in [2.05, 4.69) is 21.2 Å². The minimum atomic E-state index is 0.138. The van der Waals surface area contributed by atoms with Crippen LogP contribution < -0.4 is 5.32 Å². The van der Waals surface area contributed by atoms with Crippen LogP contribution in [0.5, 0.6) is 0 Å². The number of aliphatic hydroxyl groups is 1. The van der Waals surface area contributed by atoms with Gasteiger partial charge in [0.15, 0.2) is 0 Å². The Kier molecular flexibility index (Phi) is 4.36. The molecule has 2 N–H and O–H groups in total. The predicted octanol–water partition coefficient (Wildman–Crippen LogP) is 2.79. The molecule has 1 aromatic carbocycles. The summed E-state index contributed by atoms with van der Waals surface area (Å²) in [6.45, 7) is 1.35. The molecular formula is C13H14BrNO2. The van der Waals surface area contributed by atoms with Gasteiger partial charge in [0.25, 0.3) is 0 Å². The van der Waals surface area contributed by atoms with Gasteiger partial charge in [-0.05, 0) is 24.3 Å². The number of rotatable bonds is 5. The Morgan fingerprint density at radius 1 is 1.24 bits per heavy atom. The topological polar surface area (TPSA) is 45.4 Å². The standard InChI is InChI=1S/C13H14BrNO2/c14-11-3-1-2-10(8-11)13-5-4-12(17-13)9-15-6-7-16/h1-5,8,15-16H,6-7,9H2. The van der Waals surface area contributed by atoms with Crippen LogP contribution in [0.3, 0.4) is 0 Å². The maximum absolute atomic E-state index is 8.66. The third-order valence-corrected chi connectivity index (χ3v) is 2.85. The van der Waals surface area contributed by atoms with Gasteiger partial charge in [0, 0.05) is 16.6 Å². The van der Waals surface area contributed by atoms with Crippen molar-refractivity contribution in [1.29, 1.82) is 0 Å². The highest BCUT2D eigenvalue weighted by Crippen LogP contribution is 2.24. The van der Waals surface area contributed by atoms with Gasteiger partial charge in [-0.1, -0.05) is 28.1 Å². The summed E-state index contributed by atoms with van der Waals surface area (Å²) in [6.07, 6.45) is 0. The highest BCUT2D eigenvalue weighted by Gasteiger charge is 2.04. The van der Waals surface area contributed by atoms with E-state index in [1.807, 2.05) is 36.4 Å². The maximum Gasteiger partial charge on any atom is 0.134 e. The van der Waals surface area contributed by atoms with Crippen molar-refractivity contribution in [2.24, 2.45) is 0 Å². The molecule has 2 rings (SSSR count). The molecule has 1 heterocycles. The normalized spacial score (nSPS) is 10.7. The lowest BCUT2D eigenvalue weighted by Crippen LogP contribution is -2.16. The summed E-state index contributed by atoms with van der Waals surface area (Å²) >= 11 is 3.44. The molecule has 17 heavy (non-hydrogen) atoms. The van der Waals surface area contributed by atoms with Crippen molar-refractivity contribution in [3.05, 3.63) is 46.6 Å². The predicted molar refractivity (Wildman–Crippen MR) is 70.6 cm³/mol. The zero-order valence-electron chi connectivity index (χ0n) is 9.32. The van der Waals surface area contributed by atoms with E-state index in [0.717, 1.165) is 21.6 Å². The summed E-state index contributed by atoms with van der Waals surface area (Å²) in [6, 6.07) is 11.9. The second-order valence-corrected chi connectivity index (χ2v) is 4.59. The van der Waals surface area contributed by atoms with Crippen LogP contribution in [-0.4, -0.2) is 18.3 Å². The number of hydrogen-bond acceptors (Lipinski definition) is 3. The SMILES string of the molecule is OCCNCc1ccc(-c2cccc(Br)c2)o1. The molecule has 0 unspecified atom stereocenters. The summed E-state index contributed by atoms with van der Waals surface area (Å²) in [5.41, 5.74) is 1.05. The number of hydrogen-bond donors (Lipinski definition) is 2. The zero-order chi connectivity index (χ0) is 12.1. The monoisotopic (exact) mass is 295 g/mol. The molecule has 0 bridgehead atoms. The molecule has 0 saturated carbocycles. The van der Waals surface area contributed by atoms with Gasteiger partial charge in [0.05, 0.1) is 13.2 Å². The Hall–Kier alpha value is -1.10. The van der Waals surface area contributed by atoms with Crippen molar-refractivity contribution in [2.75, 3.05) is 13.2 Å². The van der Waals surface area contributed by atoms with E-state index in [1.54, 1.807) is 0 Å². The molecule has 0 amide bonds. The van der Waals surface area contributed by atoms with Crippen molar-refractivity contribution in [2.45, 2.75) is 6.54 Å². The highest BCUT2D eigenvalue weighted by atomic mass is 79.9. The molecule has 0 saturated heterocycles. The van der Waals surface area contributed by atoms with E-state index in [1.165, 1.54) is 0 Å². The number of halogens is 1. The minimum Gasteiger partial charge on any atom is -0.460 e. The maximum atomic E-state index is 8.66. The van der Waals surface area contributed by atoms with Crippen molar-refractivity contribution in [3.8, 4) is 11.3 Å². The molecule has 90 valence electrons. The van der Waals surface area contributed by atoms with Crippen LogP contribution in [0.1, 0.15) is 5.76 Å². The third-order valence-electron chi connectivity index (χ3n) is 2.36. The van der Waals surface area contributed by atoms with Gasteiger partial charge >= 0.3 is 0 Å². The molecule has 0 fully saturated rings. The van der Waals surface area contributed by atoms with E-state index in [4.69, 9.17) is 9.52 Å². The molecule has 4 heteroatoms. The second-order valence-electron chi connectivity index (χ2n) is 3.68.